The molecule has 0 saturated carbocycles. The minimum Gasteiger partial charge on any atom is -0.484 e. The van der Waals surface area contributed by atoms with Gasteiger partial charge in [-0.15, -0.1) is 0 Å². The molecule has 0 aliphatic carbocycles. The number of carbonyl (C=O) groups excluding carboxylic acids is 1. The van der Waals surface area contributed by atoms with Crippen LogP contribution >= 0.6 is 0 Å². The van der Waals surface area contributed by atoms with E-state index >= 15 is 0 Å². The van der Waals surface area contributed by atoms with Crippen LogP contribution in [0.3, 0.4) is 0 Å². The highest BCUT2D eigenvalue weighted by Crippen LogP contribution is 2.21. The van der Waals surface area contributed by atoms with Crippen LogP contribution in [0.15, 0.2) is 24.3 Å². The van der Waals surface area contributed by atoms with E-state index in [1.54, 1.807) is 0 Å². The molecular weight excluding hydrogens is 261 g/mol. The third-order valence-corrected chi connectivity index (χ3v) is 2.98. The number of hydrogen-bond donors (Lipinski definition) is 2. The van der Waals surface area contributed by atoms with Crippen LogP contribution in [0.4, 0.5) is 4.39 Å². The van der Waals surface area contributed by atoms with Crippen molar-refractivity contribution in [3.05, 3.63) is 30.1 Å². The predicted molar refractivity (Wildman–Crippen MR) is 75.0 cm³/mol. The van der Waals surface area contributed by atoms with Crippen LogP contribution in [-0.4, -0.2) is 30.3 Å². The molecule has 112 valence electrons. The summed E-state index contributed by atoms with van der Waals surface area (Å²) in [5.41, 5.74) is -0.145. The molecule has 0 radical (unpaired) electrons. The summed E-state index contributed by atoms with van der Waals surface area (Å²) in [7, 11) is 0. The summed E-state index contributed by atoms with van der Waals surface area (Å²) in [6.07, 6.45) is 0.492. The Hall–Kier alpha value is -1.62. The van der Waals surface area contributed by atoms with Gasteiger partial charge in [-0.25, -0.2) is 4.39 Å². The average molecular weight is 283 g/mol. The quantitative estimate of drug-likeness (QED) is 0.840. The Balaban J connectivity index is 2.47. The summed E-state index contributed by atoms with van der Waals surface area (Å²) >= 11 is 0. The molecule has 1 aromatic carbocycles. The van der Waals surface area contributed by atoms with Gasteiger partial charge in [-0.2, -0.15) is 0 Å². The molecule has 5 heteroatoms. The van der Waals surface area contributed by atoms with E-state index in [9.17, 15) is 9.18 Å². The van der Waals surface area contributed by atoms with Crippen molar-refractivity contribution in [1.82, 2.24) is 5.32 Å². The number of aliphatic hydroxyl groups excluding tert-OH is 1. The highest BCUT2D eigenvalue weighted by Gasteiger charge is 2.25. The fourth-order valence-corrected chi connectivity index (χ4v) is 1.77. The monoisotopic (exact) mass is 283 g/mol. The van der Waals surface area contributed by atoms with Gasteiger partial charge in [0.1, 0.15) is 11.6 Å². The zero-order valence-corrected chi connectivity index (χ0v) is 12.1. The van der Waals surface area contributed by atoms with Gasteiger partial charge >= 0.3 is 0 Å². The molecule has 1 amide bonds. The van der Waals surface area contributed by atoms with Crippen LogP contribution in [0.5, 0.6) is 5.75 Å². The minimum atomic E-state index is -0.349. The van der Waals surface area contributed by atoms with Crippen LogP contribution in [0.2, 0.25) is 0 Å². The van der Waals surface area contributed by atoms with Gasteiger partial charge in [-0.05, 0) is 36.1 Å². The molecule has 1 aromatic rings. The first-order chi connectivity index (χ1) is 9.32. The number of aliphatic hydroxyl groups is 1. The first-order valence-corrected chi connectivity index (χ1v) is 6.61. The van der Waals surface area contributed by atoms with Crippen LogP contribution in [0.25, 0.3) is 0 Å². The Morgan fingerprint density at radius 3 is 2.45 bits per heavy atom. The maximum atomic E-state index is 12.7. The lowest BCUT2D eigenvalue weighted by Gasteiger charge is -2.31. The second kappa shape index (κ2) is 7.24. The number of hydrogen-bond acceptors (Lipinski definition) is 3. The van der Waals surface area contributed by atoms with Gasteiger partial charge in [0.2, 0.25) is 0 Å². The Morgan fingerprint density at radius 2 is 1.95 bits per heavy atom. The van der Waals surface area contributed by atoms with Gasteiger partial charge in [-0.3, -0.25) is 4.79 Å². The van der Waals surface area contributed by atoms with Crippen LogP contribution in [-0.2, 0) is 4.79 Å². The SMILES string of the molecule is CC(C)(C)C(CCO)NC(=O)COc1ccc(F)cc1. The van der Waals surface area contributed by atoms with E-state index in [-0.39, 0.29) is 36.4 Å². The van der Waals surface area contributed by atoms with Gasteiger partial charge in [0.25, 0.3) is 5.91 Å². The van der Waals surface area contributed by atoms with E-state index in [4.69, 9.17) is 9.84 Å². The van der Waals surface area contributed by atoms with Crippen LogP contribution < -0.4 is 10.1 Å². The molecule has 0 heterocycles. The topological polar surface area (TPSA) is 58.6 Å². The number of amides is 1. The number of rotatable bonds is 6. The fourth-order valence-electron chi connectivity index (χ4n) is 1.77. The molecule has 0 aromatic heterocycles. The minimum absolute atomic E-state index is 0.0149. The average Bonchev–Trinajstić information content (AvgIpc) is 2.36. The van der Waals surface area contributed by atoms with Crippen molar-refractivity contribution >= 4 is 5.91 Å². The van der Waals surface area contributed by atoms with E-state index in [0.29, 0.717) is 12.2 Å². The van der Waals surface area contributed by atoms with E-state index in [1.165, 1.54) is 24.3 Å². The van der Waals surface area contributed by atoms with Crippen molar-refractivity contribution in [3.63, 3.8) is 0 Å². The second-order valence-corrected chi connectivity index (χ2v) is 5.74. The number of carbonyl (C=O) groups is 1. The standard InChI is InChI=1S/C15H22FNO3/c1-15(2,3)13(8-9-18)17-14(19)10-20-12-6-4-11(16)5-7-12/h4-7,13,18H,8-10H2,1-3H3,(H,17,19). The Labute approximate surface area is 119 Å². The van der Waals surface area contributed by atoms with Gasteiger partial charge in [0.15, 0.2) is 6.61 Å². The van der Waals surface area contributed by atoms with Gasteiger partial charge < -0.3 is 15.2 Å². The number of nitrogens with one attached hydrogen (secondary N) is 1. The molecule has 0 saturated heterocycles. The first kappa shape index (κ1) is 16.4. The number of ether oxygens (including phenoxy) is 1. The van der Waals surface area contributed by atoms with Crippen LogP contribution in [0.1, 0.15) is 27.2 Å². The molecule has 0 spiro atoms. The third kappa shape index (κ3) is 5.57. The maximum Gasteiger partial charge on any atom is 0.258 e. The van der Waals surface area contributed by atoms with E-state index in [2.05, 4.69) is 5.32 Å². The summed E-state index contributed by atoms with van der Waals surface area (Å²) < 4.78 is 18.0. The molecule has 1 atom stereocenters. The Morgan fingerprint density at radius 1 is 1.35 bits per heavy atom. The van der Waals surface area contributed by atoms with Crippen molar-refractivity contribution in [2.75, 3.05) is 13.2 Å². The van der Waals surface area contributed by atoms with Crippen molar-refractivity contribution in [2.45, 2.75) is 33.2 Å². The molecule has 0 fully saturated rings. The van der Waals surface area contributed by atoms with Crippen molar-refractivity contribution in [1.29, 1.82) is 0 Å². The largest absolute Gasteiger partial charge is 0.484 e. The van der Waals surface area contributed by atoms with E-state index in [0.717, 1.165) is 0 Å². The summed E-state index contributed by atoms with van der Waals surface area (Å²) in [5.74, 6) is -0.170. The molecule has 4 nitrogen and oxygen atoms in total. The molecule has 20 heavy (non-hydrogen) atoms. The molecule has 0 aliphatic heterocycles. The molecule has 1 unspecified atom stereocenters. The third-order valence-electron chi connectivity index (χ3n) is 2.98. The lowest BCUT2D eigenvalue weighted by molar-refractivity contribution is -0.124. The zero-order valence-electron chi connectivity index (χ0n) is 12.1. The first-order valence-electron chi connectivity index (χ1n) is 6.61. The summed E-state index contributed by atoms with van der Waals surface area (Å²) in [4.78, 5) is 11.8. The number of benzene rings is 1. The molecule has 1 rings (SSSR count). The van der Waals surface area contributed by atoms with Gasteiger partial charge in [0, 0.05) is 12.6 Å². The second-order valence-electron chi connectivity index (χ2n) is 5.74. The molecule has 0 bridgehead atoms. The Kier molecular flexibility index (Phi) is 5.95. The van der Waals surface area contributed by atoms with Crippen molar-refractivity contribution in [3.8, 4) is 5.75 Å². The highest BCUT2D eigenvalue weighted by molar-refractivity contribution is 5.77. The smallest absolute Gasteiger partial charge is 0.258 e. The van der Waals surface area contributed by atoms with Crippen molar-refractivity contribution in [2.24, 2.45) is 5.41 Å². The molecule has 0 aliphatic rings. The molecule has 2 N–H and O–H groups in total. The predicted octanol–water partition coefficient (Wildman–Crippen LogP) is 2.12. The lowest BCUT2D eigenvalue weighted by atomic mass is 9.85. The van der Waals surface area contributed by atoms with Crippen molar-refractivity contribution < 1.29 is 19.0 Å². The fraction of sp³-hybridized carbons (Fsp3) is 0.533. The van der Waals surface area contributed by atoms with Crippen LogP contribution in [0, 0.1) is 11.2 Å². The van der Waals surface area contributed by atoms with Gasteiger partial charge in [0.05, 0.1) is 0 Å². The summed E-state index contributed by atoms with van der Waals surface area (Å²) in [5, 5.41) is 11.9. The van der Waals surface area contributed by atoms with E-state index < -0.39 is 0 Å². The summed E-state index contributed by atoms with van der Waals surface area (Å²) in [6, 6.07) is 5.36. The highest BCUT2D eigenvalue weighted by atomic mass is 19.1. The zero-order chi connectivity index (χ0) is 15.2. The van der Waals surface area contributed by atoms with Gasteiger partial charge in [-0.1, -0.05) is 20.8 Å². The molecular formula is C15H22FNO3. The normalized spacial score (nSPS) is 12.8. The number of halogens is 1. The summed E-state index contributed by atoms with van der Waals surface area (Å²) in [6.45, 7) is 5.86. The van der Waals surface area contributed by atoms with E-state index in [1.807, 2.05) is 20.8 Å². The lowest BCUT2D eigenvalue weighted by Crippen LogP contribution is -2.46. The Bertz CT molecular complexity index is 426. The maximum absolute atomic E-state index is 12.7.